The average Bonchev–Trinajstić information content (AvgIpc) is 3.22. The zero-order valence-corrected chi connectivity index (χ0v) is 19.6. The summed E-state index contributed by atoms with van der Waals surface area (Å²) in [4.78, 5) is 30.0. The number of sulfone groups is 1. The van der Waals surface area contributed by atoms with Crippen LogP contribution in [-0.2, 0) is 30.7 Å². The van der Waals surface area contributed by atoms with Crippen molar-refractivity contribution in [2.24, 2.45) is 10.6 Å². The van der Waals surface area contributed by atoms with Gasteiger partial charge in [0.15, 0.2) is 15.6 Å². The maximum atomic E-state index is 13.0. The number of aliphatic carboxylic acids is 1. The van der Waals surface area contributed by atoms with E-state index in [1.165, 1.54) is 18.2 Å². The molecule has 3 unspecified atom stereocenters. The molecule has 174 valence electrons. The van der Waals surface area contributed by atoms with Crippen molar-refractivity contribution in [3.05, 3.63) is 70.2 Å². The van der Waals surface area contributed by atoms with Crippen molar-refractivity contribution in [2.75, 3.05) is 6.26 Å². The highest BCUT2D eigenvalue weighted by molar-refractivity contribution is 7.94. The zero-order chi connectivity index (χ0) is 23.8. The van der Waals surface area contributed by atoms with Crippen molar-refractivity contribution in [1.29, 1.82) is 0 Å². The Balaban J connectivity index is 1.84. The number of halogens is 1. The molecule has 0 saturated heterocycles. The first-order valence-corrected chi connectivity index (χ1v) is 13.0. The number of carbonyl (C=O) groups is 2. The highest BCUT2D eigenvalue weighted by Crippen LogP contribution is 2.54. The fourth-order valence-corrected chi connectivity index (χ4v) is 6.76. The fourth-order valence-electron chi connectivity index (χ4n) is 4.88. The minimum Gasteiger partial charge on any atom is -0.478 e. The molecule has 0 bridgehead atoms. The number of alkyl halides is 1. The molecule has 1 N–H and O–H groups in total. The van der Waals surface area contributed by atoms with Crippen LogP contribution in [0.15, 0.2) is 69.8 Å². The topological polar surface area (TPSA) is 110 Å². The molecule has 1 aromatic carbocycles. The maximum Gasteiger partial charge on any atom is 0.333 e. The van der Waals surface area contributed by atoms with Crippen LogP contribution in [0, 0.1) is 5.41 Å². The van der Waals surface area contributed by atoms with E-state index in [2.05, 4.69) is 5.16 Å². The third kappa shape index (κ3) is 4.29. The number of ketones is 1. The number of carboxylic acid groups (broad SMARTS) is 1. The Bertz CT molecular complexity index is 1210. The van der Waals surface area contributed by atoms with Gasteiger partial charge in [0.05, 0.1) is 27.0 Å². The number of rotatable bonds is 6. The number of hydrogen-bond acceptors (Lipinski definition) is 6. The first-order chi connectivity index (χ1) is 15.6. The second kappa shape index (κ2) is 8.91. The summed E-state index contributed by atoms with van der Waals surface area (Å²) in [5, 5.41) is 12.8. The Morgan fingerprint density at radius 2 is 1.97 bits per heavy atom. The lowest BCUT2D eigenvalue weighted by Crippen LogP contribution is -2.49. The van der Waals surface area contributed by atoms with Gasteiger partial charge >= 0.3 is 5.97 Å². The molecular formula is C24H24ClNO6S. The van der Waals surface area contributed by atoms with Crippen LogP contribution in [0.25, 0.3) is 0 Å². The predicted molar refractivity (Wildman–Crippen MR) is 125 cm³/mol. The summed E-state index contributed by atoms with van der Waals surface area (Å²) in [5.74, 6) is -1.41. The van der Waals surface area contributed by atoms with E-state index < -0.39 is 26.6 Å². The molecule has 0 aromatic heterocycles. The molecular weight excluding hydrogens is 466 g/mol. The molecule has 0 fully saturated rings. The monoisotopic (exact) mass is 489 g/mol. The standard InChI is InChI=1S/C24H24ClNO6S/c1-33(30,31)21-11-10-19(23(28)29)22(25)24(21,16-8-5-9-17(27)13-16)20-14-18(32-26-20)12-15-6-3-2-4-7-15/h2-4,6-7,10-11,13,18,22H,5,8-9,12,14H2,1H3,(H,28,29). The van der Waals surface area contributed by atoms with Gasteiger partial charge in [-0.15, -0.1) is 11.6 Å². The van der Waals surface area contributed by atoms with E-state index >= 15 is 0 Å². The van der Waals surface area contributed by atoms with Crippen LogP contribution in [0.4, 0.5) is 0 Å². The quantitative estimate of drug-likeness (QED) is 0.611. The molecule has 9 heteroatoms. The van der Waals surface area contributed by atoms with E-state index in [4.69, 9.17) is 16.4 Å². The number of carbonyl (C=O) groups excluding carboxylic acids is 1. The van der Waals surface area contributed by atoms with Crippen molar-refractivity contribution in [2.45, 2.75) is 43.6 Å². The van der Waals surface area contributed by atoms with E-state index in [0.717, 1.165) is 11.8 Å². The van der Waals surface area contributed by atoms with Gasteiger partial charge in [0.25, 0.3) is 0 Å². The largest absolute Gasteiger partial charge is 0.478 e. The highest BCUT2D eigenvalue weighted by Gasteiger charge is 2.57. The van der Waals surface area contributed by atoms with Gasteiger partial charge in [-0.1, -0.05) is 35.5 Å². The van der Waals surface area contributed by atoms with Crippen molar-refractivity contribution in [3.8, 4) is 0 Å². The molecule has 4 rings (SSSR count). The molecule has 1 aromatic rings. The van der Waals surface area contributed by atoms with Crippen LogP contribution in [-0.4, -0.2) is 48.7 Å². The summed E-state index contributed by atoms with van der Waals surface area (Å²) in [6.07, 6.45) is 6.64. The van der Waals surface area contributed by atoms with Gasteiger partial charge in [-0.05, 0) is 42.2 Å². The van der Waals surface area contributed by atoms with Gasteiger partial charge in [0.2, 0.25) is 0 Å². The normalized spacial score (nSPS) is 27.8. The van der Waals surface area contributed by atoms with Crippen molar-refractivity contribution in [1.82, 2.24) is 0 Å². The third-order valence-electron chi connectivity index (χ3n) is 6.31. The smallest absolute Gasteiger partial charge is 0.333 e. The lowest BCUT2D eigenvalue weighted by molar-refractivity contribution is -0.132. The van der Waals surface area contributed by atoms with E-state index in [0.29, 0.717) is 37.0 Å². The van der Waals surface area contributed by atoms with Crippen LogP contribution in [0.5, 0.6) is 0 Å². The molecule has 1 heterocycles. The molecule has 2 aliphatic carbocycles. The minimum atomic E-state index is -3.85. The van der Waals surface area contributed by atoms with Crippen LogP contribution < -0.4 is 0 Å². The van der Waals surface area contributed by atoms with Crippen molar-refractivity contribution >= 4 is 38.9 Å². The number of benzene rings is 1. The number of allylic oxidation sites excluding steroid dienone is 5. The van der Waals surface area contributed by atoms with Gasteiger partial charge in [-0.3, -0.25) is 4.79 Å². The highest BCUT2D eigenvalue weighted by atomic mass is 35.5. The summed E-state index contributed by atoms with van der Waals surface area (Å²) in [5.41, 5.74) is 0.0604. The molecule has 0 radical (unpaired) electrons. The zero-order valence-electron chi connectivity index (χ0n) is 18.0. The Morgan fingerprint density at radius 1 is 1.24 bits per heavy atom. The Kier molecular flexibility index (Phi) is 6.33. The summed E-state index contributed by atoms with van der Waals surface area (Å²) in [7, 11) is -3.85. The van der Waals surface area contributed by atoms with E-state index in [9.17, 15) is 23.1 Å². The second-order valence-electron chi connectivity index (χ2n) is 8.55. The summed E-state index contributed by atoms with van der Waals surface area (Å²) >= 11 is 6.83. The van der Waals surface area contributed by atoms with Gasteiger partial charge in [0, 0.05) is 25.5 Å². The Morgan fingerprint density at radius 3 is 2.61 bits per heavy atom. The fraction of sp³-hybridized carbons (Fsp3) is 0.375. The molecule has 33 heavy (non-hydrogen) atoms. The average molecular weight is 490 g/mol. The number of hydrogen-bond donors (Lipinski definition) is 1. The van der Waals surface area contributed by atoms with E-state index in [1.54, 1.807) is 0 Å². The maximum absolute atomic E-state index is 13.0. The summed E-state index contributed by atoms with van der Waals surface area (Å²) in [6.45, 7) is 0. The molecule has 0 amide bonds. The first kappa shape index (κ1) is 23.4. The van der Waals surface area contributed by atoms with Crippen molar-refractivity contribution < 1.29 is 28.0 Å². The van der Waals surface area contributed by atoms with Gasteiger partial charge < -0.3 is 9.94 Å². The molecule has 1 aliphatic heterocycles. The van der Waals surface area contributed by atoms with Gasteiger partial charge in [-0.2, -0.15) is 0 Å². The SMILES string of the molecule is CS(=O)(=O)C1=CC=C(C(=O)O)C(Cl)C1(C1=CC(=O)CCC1)C1=NOC(Cc2ccccc2)C1. The minimum absolute atomic E-state index is 0.0661. The third-order valence-corrected chi connectivity index (χ3v) is 8.13. The Labute approximate surface area is 197 Å². The molecule has 3 atom stereocenters. The van der Waals surface area contributed by atoms with Gasteiger partial charge in [-0.25, -0.2) is 13.2 Å². The number of oxime groups is 1. The Hall–Kier alpha value is -2.71. The number of carboxylic acids is 1. The first-order valence-electron chi connectivity index (χ1n) is 10.6. The molecule has 3 aliphatic rings. The van der Waals surface area contributed by atoms with Crippen LogP contribution in [0.2, 0.25) is 0 Å². The van der Waals surface area contributed by atoms with Gasteiger partial charge in [0.1, 0.15) is 6.10 Å². The lowest BCUT2D eigenvalue weighted by Gasteiger charge is -2.43. The van der Waals surface area contributed by atoms with E-state index in [1.807, 2.05) is 30.3 Å². The molecule has 7 nitrogen and oxygen atoms in total. The second-order valence-corrected chi connectivity index (χ2v) is 11.0. The summed E-state index contributed by atoms with van der Waals surface area (Å²) < 4.78 is 25.9. The van der Waals surface area contributed by atoms with Crippen LogP contribution in [0.3, 0.4) is 0 Å². The molecule has 0 spiro atoms. The van der Waals surface area contributed by atoms with Crippen LogP contribution in [0.1, 0.15) is 31.2 Å². The van der Waals surface area contributed by atoms with E-state index in [-0.39, 0.29) is 28.8 Å². The van der Waals surface area contributed by atoms with Crippen molar-refractivity contribution in [3.63, 3.8) is 0 Å². The number of nitrogens with zero attached hydrogens (tertiary/aromatic N) is 1. The predicted octanol–water partition coefficient (Wildman–Crippen LogP) is 3.60. The lowest BCUT2D eigenvalue weighted by atomic mass is 9.64. The summed E-state index contributed by atoms with van der Waals surface area (Å²) in [6, 6.07) is 9.65. The molecule has 0 saturated carbocycles. The van der Waals surface area contributed by atoms with Crippen LogP contribution >= 0.6 is 11.6 Å².